The second-order valence-electron chi connectivity index (χ2n) is 3.71. The summed E-state index contributed by atoms with van der Waals surface area (Å²) in [7, 11) is 0. The number of nitrogens with two attached hydrogens (primary N) is 1. The van der Waals surface area contributed by atoms with Crippen molar-refractivity contribution in [1.82, 2.24) is 14.8 Å². The van der Waals surface area contributed by atoms with Gasteiger partial charge >= 0.3 is 5.97 Å². The van der Waals surface area contributed by atoms with Gasteiger partial charge in [0.05, 0.1) is 5.02 Å². The van der Waals surface area contributed by atoms with E-state index in [-0.39, 0.29) is 24.1 Å². The number of halogens is 2. The topological polar surface area (TPSA) is 83.0 Å². The van der Waals surface area contributed by atoms with Crippen molar-refractivity contribution in [3.63, 3.8) is 0 Å². The minimum absolute atomic E-state index is 0.00299. The Hall–Kier alpha value is -2.15. The van der Waals surface area contributed by atoms with E-state index in [0.29, 0.717) is 5.56 Å². The molecule has 0 saturated carbocycles. The van der Waals surface area contributed by atoms with Gasteiger partial charge in [0.15, 0.2) is 0 Å². The molecule has 1 heterocycles. The third-order valence-corrected chi connectivity index (χ3v) is 2.52. The lowest BCUT2D eigenvalue weighted by Crippen LogP contribution is -2.14. The molecule has 100 valence electrons. The molecule has 1 aromatic carbocycles. The minimum atomic E-state index is -0.519. The van der Waals surface area contributed by atoms with Crippen LogP contribution in [0.15, 0.2) is 24.5 Å². The molecule has 19 heavy (non-hydrogen) atoms. The van der Waals surface area contributed by atoms with Crippen LogP contribution >= 0.6 is 11.6 Å². The van der Waals surface area contributed by atoms with E-state index in [9.17, 15) is 9.18 Å². The molecule has 0 amide bonds. The Morgan fingerprint density at radius 2 is 2.32 bits per heavy atom. The number of anilines is 1. The molecule has 2 rings (SSSR count). The molecule has 2 N–H and O–H groups in total. The zero-order valence-electron chi connectivity index (χ0n) is 9.72. The molecule has 0 fully saturated rings. The minimum Gasteiger partial charge on any atom is -0.459 e. The molecule has 1 aromatic heterocycles. The van der Waals surface area contributed by atoms with E-state index in [1.807, 2.05) is 0 Å². The first-order valence-electron chi connectivity index (χ1n) is 5.29. The van der Waals surface area contributed by atoms with Crippen LogP contribution in [0.3, 0.4) is 0 Å². The first kappa shape index (κ1) is 13.3. The highest BCUT2D eigenvalue weighted by molar-refractivity contribution is 6.30. The zero-order valence-corrected chi connectivity index (χ0v) is 10.5. The van der Waals surface area contributed by atoms with Crippen LogP contribution in [0, 0.1) is 5.82 Å². The molecule has 0 aliphatic rings. The maximum atomic E-state index is 12.9. The molecule has 2 aromatic rings. The Kier molecular flexibility index (Phi) is 3.96. The van der Waals surface area contributed by atoms with Crippen LogP contribution in [0.2, 0.25) is 5.02 Å². The lowest BCUT2D eigenvalue weighted by molar-refractivity contribution is -0.145. The Labute approximate surface area is 112 Å². The van der Waals surface area contributed by atoms with Crippen LogP contribution in [0.5, 0.6) is 0 Å². The van der Waals surface area contributed by atoms with Gasteiger partial charge in [0.2, 0.25) is 5.95 Å². The van der Waals surface area contributed by atoms with Gasteiger partial charge in [0.1, 0.15) is 25.3 Å². The predicted octanol–water partition coefficient (Wildman–Crippen LogP) is 1.40. The molecule has 0 aliphatic heterocycles. The lowest BCUT2D eigenvalue weighted by Gasteiger charge is -2.05. The number of aromatic nitrogens is 3. The molecule has 0 aliphatic carbocycles. The van der Waals surface area contributed by atoms with Crippen molar-refractivity contribution in [3.8, 4) is 0 Å². The van der Waals surface area contributed by atoms with Crippen molar-refractivity contribution in [1.29, 1.82) is 0 Å². The number of hydrogen-bond donors (Lipinski definition) is 1. The maximum Gasteiger partial charge on any atom is 0.328 e. The van der Waals surface area contributed by atoms with E-state index in [4.69, 9.17) is 22.1 Å². The van der Waals surface area contributed by atoms with Crippen LogP contribution in [0.25, 0.3) is 0 Å². The van der Waals surface area contributed by atoms with Gasteiger partial charge in [0.25, 0.3) is 0 Å². The number of esters is 1. The fourth-order valence-corrected chi connectivity index (χ4v) is 1.56. The van der Waals surface area contributed by atoms with E-state index < -0.39 is 11.8 Å². The molecular weight excluding hydrogens is 275 g/mol. The van der Waals surface area contributed by atoms with Crippen molar-refractivity contribution < 1.29 is 13.9 Å². The van der Waals surface area contributed by atoms with Gasteiger partial charge in [-0.2, -0.15) is 0 Å². The standard InChI is InChI=1S/C11H10ClFN4O2/c12-8-3-7(1-2-9(8)13)5-19-10(18)4-17-6-15-11(14)16-17/h1-3,6H,4-5H2,(H2,14,16). The Morgan fingerprint density at radius 1 is 1.53 bits per heavy atom. The summed E-state index contributed by atoms with van der Waals surface area (Å²) in [6.45, 7) is -0.0951. The smallest absolute Gasteiger partial charge is 0.328 e. The third-order valence-electron chi connectivity index (χ3n) is 2.23. The van der Waals surface area contributed by atoms with Crippen molar-refractivity contribution in [2.75, 3.05) is 5.73 Å². The molecule has 0 spiro atoms. The van der Waals surface area contributed by atoms with Gasteiger partial charge < -0.3 is 10.5 Å². The van der Waals surface area contributed by atoms with E-state index in [1.54, 1.807) is 0 Å². The number of nitrogen functional groups attached to an aromatic ring is 1. The van der Waals surface area contributed by atoms with Crippen LogP contribution in [0.4, 0.5) is 10.3 Å². The molecule has 6 nitrogen and oxygen atoms in total. The molecule has 0 atom stereocenters. The van der Waals surface area contributed by atoms with Crippen molar-refractivity contribution in [2.45, 2.75) is 13.2 Å². The van der Waals surface area contributed by atoms with Gasteiger partial charge in [0, 0.05) is 0 Å². The fraction of sp³-hybridized carbons (Fsp3) is 0.182. The summed E-state index contributed by atoms with van der Waals surface area (Å²) in [4.78, 5) is 15.2. The summed E-state index contributed by atoms with van der Waals surface area (Å²) in [6, 6.07) is 4.10. The molecule has 0 radical (unpaired) electrons. The highest BCUT2D eigenvalue weighted by Crippen LogP contribution is 2.16. The molecule has 0 unspecified atom stereocenters. The average Bonchev–Trinajstić information content (AvgIpc) is 2.76. The van der Waals surface area contributed by atoms with E-state index in [2.05, 4.69) is 10.1 Å². The zero-order chi connectivity index (χ0) is 13.8. The van der Waals surface area contributed by atoms with Crippen molar-refractivity contribution in [3.05, 3.63) is 40.9 Å². The first-order chi connectivity index (χ1) is 9.04. The first-order valence-corrected chi connectivity index (χ1v) is 5.67. The van der Waals surface area contributed by atoms with E-state index in [1.165, 1.54) is 29.2 Å². The lowest BCUT2D eigenvalue weighted by atomic mass is 10.2. The quantitative estimate of drug-likeness (QED) is 0.858. The number of carbonyl (C=O) groups excluding carboxylic acids is 1. The number of ether oxygens (including phenoxy) is 1. The molecule has 0 bridgehead atoms. The Morgan fingerprint density at radius 3 is 2.95 bits per heavy atom. The highest BCUT2D eigenvalue weighted by Gasteiger charge is 2.07. The summed E-state index contributed by atoms with van der Waals surface area (Å²) in [5, 5.41) is 3.73. The van der Waals surface area contributed by atoms with Crippen LogP contribution in [-0.4, -0.2) is 20.7 Å². The number of carbonyl (C=O) groups is 1. The highest BCUT2D eigenvalue weighted by atomic mass is 35.5. The summed E-state index contributed by atoms with van der Waals surface area (Å²) < 4.78 is 19.2. The second kappa shape index (κ2) is 5.66. The van der Waals surface area contributed by atoms with Gasteiger partial charge in [-0.15, -0.1) is 5.10 Å². The fourth-order valence-electron chi connectivity index (χ4n) is 1.36. The largest absolute Gasteiger partial charge is 0.459 e. The summed E-state index contributed by atoms with van der Waals surface area (Å²) in [6.07, 6.45) is 1.32. The molecule has 8 heteroatoms. The number of nitrogens with zero attached hydrogens (tertiary/aromatic N) is 3. The summed E-state index contributed by atoms with van der Waals surface area (Å²) >= 11 is 5.61. The maximum absolute atomic E-state index is 12.9. The van der Waals surface area contributed by atoms with Crippen LogP contribution in [0.1, 0.15) is 5.56 Å². The molecule has 0 saturated heterocycles. The van der Waals surface area contributed by atoms with Gasteiger partial charge in [-0.1, -0.05) is 17.7 Å². The summed E-state index contributed by atoms with van der Waals surface area (Å²) in [5.74, 6) is -0.946. The van der Waals surface area contributed by atoms with Crippen LogP contribution in [-0.2, 0) is 22.7 Å². The normalized spacial score (nSPS) is 10.4. The average molecular weight is 285 g/mol. The van der Waals surface area contributed by atoms with Crippen molar-refractivity contribution in [2.24, 2.45) is 0 Å². The number of hydrogen-bond acceptors (Lipinski definition) is 5. The Balaban J connectivity index is 1.88. The van der Waals surface area contributed by atoms with Gasteiger partial charge in [-0.05, 0) is 17.7 Å². The monoisotopic (exact) mass is 284 g/mol. The summed E-state index contributed by atoms with van der Waals surface area (Å²) in [5.41, 5.74) is 5.90. The number of benzene rings is 1. The number of rotatable bonds is 4. The second-order valence-corrected chi connectivity index (χ2v) is 4.12. The van der Waals surface area contributed by atoms with Gasteiger partial charge in [-0.25, -0.2) is 14.1 Å². The molecular formula is C11H10ClFN4O2. The Bertz CT molecular complexity index is 602. The SMILES string of the molecule is Nc1ncn(CC(=O)OCc2ccc(F)c(Cl)c2)n1. The third kappa shape index (κ3) is 3.65. The van der Waals surface area contributed by atoms with E-state index >= 15 is 0 Å². The van der Waals surface area contributed by atoms with E-state index in [0.717, 1.165) is 0 Å². The predicted molar refractivity (Wildman–Crippen MR) is 65.6 cm³/mol. The van der Waals surface area contributed by atoms with Gasteiger partial charge in [-0.3, -0.25) is 4.79 Å². The van der Waals surface area contributed by atoms with Crippen LogP contribution < -0.4 is 5.73 Å². The van der Waals surface area contributed by atoms with Crippen molar-refractivity contribution >= 4 is 23.5 Å².